The molecule has 2 atom stereocenters. The lowest BCUT2D eigenvalue weighted by molar-refractivity contribution is 0.556. The first-order valence-corrected chi connectivity index (χ1v) is 5.27. The summed E-state index contributed by atoms with van der Waals surface area (Å²) >= 11 is 0. The molecule has 1 fully saturated rings. The third-order valence-electron chi connectivity index (χ3n) is 2.77. The van der Waals surface area contributed by atoms with Gasteiger partial charge in [-0.1, -0.05) is 13.0 Å². The third kappa shape index (κ3) is 2.74. The minimum atomic E-state index is 0.923. The molecule has 2 nitrogen and oxygen atoms in total. The van der Waals surface area contributed by atoms with Gasteiger partial charge in [-0.15, -0.1) is 0 Å². The van der Waals surface area contributed by atoms with Crippen molar-refractivity contribution in [2.75, 3.05) is 13.1 Å². The van der Waals surface area contributed by atoms with E-state index in [1.165, 1.54) is 6.42 Å². The fourth-order valence-electron chi connectivity index (χ4n) is 1.60. The van der Waals surface area contributed by atoms with Gasteiger partial charge in [0.05, 0.1) is 6.26 Å². The van der Waals surface area contributed by atoms with E-state index in [1.807, 2.05) is 18.2 Å². The van der Waals surface area contributed by atoms with Crippen LogP contribution in [0.2, 0.25) is 0 Å². The summed E-state index contributed by atoms with van der Waals surface area (Å²) in [6.45, 7) is 4.40. The average molecular weight is 191 g/mol. The summed E-state index contributed by atoms with van der Waals surface area (Å²) in [6, 6.07) is 3.86. The molecule has 0 amide bonds. The van der Waals surface area contributed by atoms with E-state index < -0.39 is 0 Å². The summed E-state index contributed by atoms with van der Waals surface area (Å²) in [4.78, 5) is 0. The molecule has 1 heterocycles. The molecule has 2 rings (SSSR count). The summed E-state index contributed by atoms with van der Waals surface area (Å²) in [5.41, 5.74) is 0. The Hall–Kier alpha value is -1.02. The normalized spacial score (nSPS) is 25.8. The Balaban J connectivity index is 1.58. The molecular formula is C12H17NO. The van der Waals surface area contributed by atoms with Crippen LogP contribution in [-0.4, -0.2) is 13.1 Å². The largest absolute Gasteiger partial charge is 0.465 e. The zero-order valence-electron chi connectivity index (χ0n) is 8.57. The lowest BCUT2D eigenvalue weighted by atomic mass is 10.3. The summed E-state index contributed by atoms with van der Waals surface area (Å²) in [5, 5.41) is 3.41. The molecule has 76 valence electrons. The Morgan fingerprint density at radius 3 is 3.14 bits per heavy atom. The van der Waals surface area contributed by atoms with Gasteiger partial charge in [0.15, 0.2) is 0 Å². The third-order valence-corrected chi connectivity index (χ3v) is 2.77. The molecule has 0 spiro atoms. The Morgan fingerprint density at radius 2 is 2.50 bits per heavy atom. The van der Waals surface area contributed by atoms with E-state index in [1.54, 1.807) is 6.26 Å². The van der Waals surface area contributed by atoms with E-state index in [9.17, 15) is 0 Å². The molecule has 0 radical (unpaired) electrons. The van der Waals surface area contributed by atoms with Crippen molar-refractivity contribution in [1.29, 1.82) is 0 Å². The summed E-state index contributed by atoms with van der Waals surface area (Å²) in [6.07, 6.45) is 7.20. The molecule has 0 aromatic carbocycles. The van der Waals surface area contributed by atoms with Crippen molar-refractivity contribution in [2.24, 2.45) is 11.8 Å². The lowest BCUT2D eigenvalue weighted by Gasteiger charge is -1.97. The number of nitrogens with one attached hydrogen (secondary N) is 1. The minimum Gasteiger partial charge on any atom is -0.465 e. The van der Waals surface area contributed by atoms with Gasteiger partial charge in [-0.2, -0.15) is 0 Å². The molecule has 1 N–H and O–H groups in total. The van der Waals surface area contributed by atoms with Crippen molar-refractivity contribution in [1.82, 2.24) is 5.32 Å². The number of furan rings is 1. The maximum atomic E-state index is 5.18. The van der Waals surface area contributed by atoms with E-state index in [-0.39, 0.29) is 0 Å². The molecule has 1 saturated carbocycles. The van der Waals surface area contributed by atoms with Crippen molar-refractivity contribution < 1.29 is 4.42 Å². The zero-order valence-corrected chi connectivity index (χ0v) is 8.57. The smallest absolute Gasteiger partial charge is 0.126 e. The van der Waals surface area contributed by atoms with Crippen LogP contribution in [0.25, 0.3) is 6.08 Å². The van der Waals surface area contributed by atoms with E-state index >= 15 is 0 Å². The first kappa shape index (κ1) is 9.53. The van der Waals surface area contributed by atoms with Crippen LogP contribution >= 0.6 is 0 Å². The summed E-state index contributed by atoms with van der Waals surface area (Å²) in [7, 11) is 0. The maximum absolute atomic E-state index is 5.18. The predicted octanol–water partition coefficient (Wildman–Crippen LogP) is 2.54. The van der Waals surface area contributed by atoms with Gasteiger partial charge in [-0.05, 0) is 43.0 Å². The highest BCUT2D eigenvalue weighted by Gasteiger charge is 2.31. The van der Waals surface area contributed by atoms with Crippen LogP contribution in [0.1, 0.15) is 19.1 Å². The first-order valence-electron chi connectivity index (χ1n) is 5.27. The SMILES string of the molecule is CC1CC1CNC/C=C/c1ccco1. The van der Waals surface area contributed by atoms with Gasteiger partial charge < -0.3 is 9.73 Å². The molecule has 0 bridgehead atoms. The Kier molecular flexibility index (Phi) is 3.04. The van der Waals surface area contributed by atoms with Gasteiger partial charge in [-0.3, -0.25) is 0 Å². The zero-order chi connectivity index (χ0) is 9.80. The topological polar surface area (TPSA) is 25.2 Å². The van der Waals surface area contributed by atoms with E-state index in [0.717, 1.165) is 30.7 Å². The van der Waals surface area contributed by atoms with Gasteiger partial charge in [-0.25, -0.2) is 0 Å². The Morgan fingerprint density at radius 1 is 1.64 bits per heavy atom. The van der Waals surface area contributed by atoms with Crippen LogP contribution < -0.4 is 5.32 Å². The standard InChI is InChI=1S/C12H17NO/c1-10-8-11(10)9-13-6-2-4-12-5-3-7-14-12/h2-5,7,10-11,13H,6,8-9H2,1H3/b4-2+. The second-order valence-electron chi connectivity index (χ2n) is 4.05. The summed E-state index contributed by atoms with van der Waals surface area (Å²) in [5.74, 6) is 2.79. The molecule has 14 heavy (non-hydrogen) atoms. The van der Waals surface area contributed by atoms with Crippen LogP contribution in [0.15, 0.2) is 28.9 Å². The fraction of sp³-hybridized carbons (Fsp3) is 0.500. The van der Waals surface area contributed by atoms with Gasteiger partial charge in [0.2, 0.25) is 0 Å². The molecule has 0 aliphatic heterocycles. The van der Waals surface area contributed by atoms with Crippen LogP contribution in [0.3, 0.4) is 0 Å². The molecule has 2 heteroatoms. The Bertz CT molecular complexity index is 289. The van der Waals surface area contributed by atoms with Gasteiger partial charge in [0.1, 0.15) is 5.76 Å². The quantitative estimate of drug-likeness (QED) is 0.723. The average Bonchev–Trinajstić information content (AvgIpc) is 2.69. The Labute approximate surface area is 85.0 Å². The van der Waals surface area contributed by atoms with Gasteiger partial charge >= 0.3 is 0 Å². The molecule has 1 aromatic heterocycles. The predicted molar refractivity (Wildman–Crippen MR) is 57.9 cm³/mol. The molecule has 1 aliphatic carbocycles. The van der Waals surface area contributed by atoms with E-state index in [4.69, 9.17) is 4.42 Å². The van der Waals surface area contributed by atoms with Crippen molar-refractivity contribution in [3.05, 3.63) is 30.2 Å². The van der Waals surface area contributed by atoms with Crippen molar-refractivity contribution in [3.63, 3.8) is 0 Å². The molecule has 1 aliphatic rings. The number of rotatable bonds is 5. The second kappa shape index (κ2) is 4.47. The second-order valence-corrected chi connectivity index (χ2v) is 4.05. The molecule has 0 saturated heterocycles. The lowest BCUT2D eigenvalue weighted by Crippen LogP contribution is -2.16. The number of hydrogen-bond donors (Lipinski definition) is 1. The highest BCUT2D eigenvalue weighted by molar-refractivity contribution is 5.42. The van der Waals surface area contributed by atoms with Crippen molar-refractivity contribution in [2.45, 2.75) is 13.3 Å². The van der Waals surface area contributed by atoms with E-state index in [2.05, 4.69) is 18.3 Å². The van der Waals surface area contributed by atoms with Gasteiger partial charge in [0, 0.05) is 6.54 Å². The first-order chi connectivity index (χ1) is 6.86. The summed E-state index contributed by atoms with van der Waals surface area (Å²) < 4.78 is 5.18. The van der Waals surface area contributed by atoms with Crippen LogP contribution in [0.5, 0.6) is 0 Å². The van der Waals surface area contributed by atoms with Crippen LogP contribution in [0.4, 0.5) is 0 Å². The molecular weight excluding hydrogens is 174 g/mol. The van der Waals surface area contributed by atoms with Crippen LogP contribution in [0, 0.1) is 11.8 Å². The number of hydrogen-bond acceptors (Lipinski definition) is 2. The monoisotopic (exact) mass is 191 g/mol. The maximum Gasteiger partial charge on any atom is 0.126 e. The molecule has 1 aromatic rings. The van der Waals surface area contributed by atoms with Crippen molar-refractivity contribution >= 4 is 6.08 Å². The molecule has 2 unspecified atom stereocenters. The minimum absolute atomic E-state index is 0.923. The van der Waals surface area contributed by atoms with Gasteiger partial charge in [0.25, 0.3) is 0 Å². The van der Waals surface area contributed by atoms with Crippen molar-refractivity contribution in [3.8, 4) is 0 Å². The van der Waals surface area contributed by atoms with Crippen LogP contribution in [-0.2, 0) is 0 Å². The van der Waals surface area contributed by atoms with E-state index in [0.29, 0.717) is 0 Å². The highest BCUT2D eigenvalue weighted by Crippen LogP contribution is 2.36. The fourth-order valence-corrected chi connectivity index (χ4v) is 1.60. The highest BCUT2D eigenvalue weighted by atomic mass is 16.3.